The highest BCUT2D eigenvalue weighted by Crippen LogP contribution is 2.14. The Morgan fingerprint density at radius 1 is 1.29 bits per heavy atom. The van der Waals surface area contributed by atoms with Gasteiger partial charge in [0, 0.05) is 12.7 Å². The number of aromatic nitrogens is 1. The van der Waals surface area contributed by atoms with Gasteiger partial charge in [0.15, 0.2) is 0 Å². The molecule has 0 bridgehead atoms. The van der Waals surface area contributed by atoms with E-state index < -0.39 is 0 Å². The standard InChI is InChI=1S/C25H37N3O3/c1-3-4-9-24(29)21-27(13-12-26-14-16-31-17-15-26)20-23-8-6-11-28(23)19-22-7-5-10-25(18-22)30-2/h3,5-8,10-11,18,24,29H,1,4,9,12-17,19-21H2,2H3/p+2/t24-/m1/s1. The van der Waals surface area contributed by atoms with Gasteiger partial charge < -0.3 is 28.9 Å². The number of aliphatic hydroxyl groups excluding tert-OH is 1. The van der Waals surface area contributed by atoms with Crippen LogP contribution in [0.15, 0.2) is 55.3 Å². The Morgan fingerprint density at radius 3 is 2.90 bits per heavy atom. The summed E-state index contributed by atoms with van der Waals surface area (Å²) in [6.07, 6.45) is 5.38. The summed E-state index contributed by atoms with van der Waals surface area (Å²) in [5, 5.41) is 10.6. The Bertz CT molecular complexity index is 786. The molecule has 3 rings (SSSR count). The molecule has 2 atom stereocenters. The highest BCUT2D eigenvalue weighted by molar-refractivity contribution is 5.29. The predicted molar refractivity (Wildman–Crippen MR) is 123 cm³/mol. The molecule has 0 radical (unpaired) electrons. The molecule has 1 saturated heterocycles. The highest BCUT2D eigenvalue weighted by atomic mass is 16.5. The van der Waals surface area contributed by atoms with E-state index in [2.05, 4.69) is 41.6 Å². The van der Waals surface area contributed by atoms with Gasteiger partial charge >= 0.3 is 0 Å². The number of nitrogens with one attached hydrogen (secondary N) is 2. The van der Waals surface area contributed by atoms with Crippen molar-refractivity contribution in [2.45, 2.75) is 32.0 Å². The molecule has 1 aromatic heterocycles. The molecular formula is C25H39N3O3+2. The van der Waals surface area contributed by atoms with E-state index in [-0.39, 0.29) is 6.10 Å². The summed E-state index contributed by atoms with van der Waals surface area (Å²) in [5.74, 6) is 0.886. The average Bonchev–Trinajstić information content (AvgIpc) is 3.23. The second-order valence-corrected chi connectivity index (χ2v) is 8.49. The van der Waals surface area contributed by atoms with Crippen LogP contribution in [0.3, 0.4) is 0 Å². The summed E-state index contributed by atoms with van der Waals surface area (Å²) in [7, 11) is 1.70. The van der Waals surface area contributed by atoms with Gasteiger partial charge in [-0.2, -0.15) is 0 Å². The first-order valence-corrected chi connectivity index (χ1v) is 11.5. The van der Waals surface area contributed by atoms with Crippen molar-refractivity contribution < 1.29 is 24.4 Å². The molecule has 2 aromatic rings. The van der Waals surface area contributed by atoms with Gasteiger partial charge in [0.25, 0.3) is 0 Å². The molecule has 2 heterocycles. The molecule has 31 heavy (non-hydrogen) atoms. The number of aliphatic hydroxyl groups is 1. The van der Waals surface area contributed by atoms with Gasteiger partial charge in [-0.25, -0.2) is 0 Å². The van der Waals surface area contributed by atoms with E-state index in [1.807, 2.05) is 18.2 Å². The van der Waals surface area contributed by atoms with Crippen molar-refractivity contribution >= 4 is 0 Å². The maximum atomic E-state index is 10.6. The lowest BCUT2D eigenvalue weighted by molar-refractivity contribution is -0.969. The molecule has 170 valence electrons. The zero-order valence-corrected chi connectivity index (χ0v) is 18.9. The van der Waals surface area contributed by atoms with Gasteiger partial charge in [0.1, 0.15) is 51.1 Å². The third kappa shape index (κ3) is 7.82. The molecular weight excluding hydrogens is 390 g/mol. The smallest absolute Gasteiger partial charge is 0.127 e. The van der Waals surface area contributed by atoms with Crippen molar-refractivity contribution in [3.8, 4) is 5.75 Å². The number of quaternary nitrogens is 2. The molecule has 0 amide bonds. The number of morpholine rings is 1. The summed E-state index contributed by atoms with van der Waals surface area (Å²) in [4.78, 5) is 3.04. The van der Waals surface area contributed by atoms with Crippen molar-refractivity contribution in [2.24, 2.45) is 0 Å². The van der Waals surface area contributed by atoms with E-state index in [4.69, 9.17) is 9.47 Å². The number of methoxy groups -OCH3 is 1. The van der Waals surface area contributed by atoms with Crippen LogP contribution in [0.1, 0.15) is 24.1 Å². The highest BCUT2D eigenvalue weighted by Gasteiger charge is 2.21. The normalized spacial score (nSPS) is 16.7. The third-order valence-corrected chi connectivity index (χ3v) is 6.10. The first-order valence-electron chi connectivity index (χ1n) is 11.5. The molecule has 6 nitrogen and oxygen atoms in total. The molecule has 0 saturated carbocycles. The SMILES string of the molecule is C=CCC[C@@H](O)C[NH+](CC[NH+]1CCOCC1)Cc1cccn1Cc1cccc(OC)c1. The Morgan fingerprint density at radius 2 is 2.13 bits per heavy atom. The monoisotopic (exact) mass is 429 g/mol. The van der Waals surface area contributed by atoms with Crippen molar-refractivity contribution in [1.29, 1.82) is 0 Å². The maximum absolute atomic E-state index is 10.6. The van der Waals surface area contributed by atoms with Crippen LogP contribution < -0.4 is 14.5 Å². The van der Waals surface area contributed by atoms with E-state index >= 15 is 0 Å². The number of hydrogen-bond acceptors (Lipinski definition) is 3. The van der Waals surface area contributed by atoms with E-state index in [1.54, 1.807) is 12.0 Å². The van der Waals surface area contributed by atoms with E-state index in [0.717, 1.165) is 77.6 Å². The largest absolute Gasteiger partial charge is 0.497 e. The van der Waals surface area contributed by atoms with Gasteiger partial charge in [0.05, 0.1) is 26.0 Å². The topological polar surface area (TPSA) is 52.5 Å². The molecule has 1 aliphatic heterocycles. The van der Waals surface area contributed by atoms with E-state index in [9.17, 15) is 5.11 Å². The van der Waals surface area contributed by atoms with Crippen molar-refractivity contribution in [1.82, 2.24) is 4.57 Å². The second kappa shape index (κ2) is 12.7. The molecule has 1 unspecified atom stereocenters. The number of benzene rings is 1. The fourth-order valence-electron chi connectivity index (χ4n) is 4.26. The van der Waals surface area contributed by atoms with Gasteiger partial charge in [-0.3, -0.25) is 0 Å². The van der Waals surface area contributed by atoms with Crippen molar-refractivity contribution in [3.63, 3.8) is 0 Å². The van der Waals surface area contributed by atoms with Crippen LogP contribution in [0.2, 0.25) is 0 Å². The number of allylic oxidation sites excluding steroid dienone is 1. The Labute approximate surface area is 186 Å². The van der Waals surface area contributed by atoms with Crippen LogP contribution in [-0.4, -0.2) is 68.8 Å². The zero-order chi connectivity index (χ0) is 21.9. The molecule has 6 heteroatoms. The Kier molecular flexibility index (Phi) is 9.62. The Hall–Kier alpha value is -2.12. The molecule has 3 N–H and O–H groups in total. The lowest BCUT2D eigenvalue weighted by Gasteiger charge is -2.27. The zero-order valence-electron chi connectivity index (χ0n) is 18.9. The minimum atomic E-state index is -0.297. The number of nitrogens with zero attached hydrogens (tertiary/aromatic N) is 1. The van der Waals surface area contributed by atoms with Crippen LogP contribution in [-0.2, 0) is 17.8 Å². The summed E-state index contributed by atoms with van der Waals surface area (Å²) < 4.78 is 13.2. The number of hydrogen-bond donors (Lipinski definition) is 3. The van der Waals surface area contributed by atoms with Crippen LogP contribution in [0.25, 0.3) is 0 Å². The van der Waals surface area contributed by atoms with E-state index in [1.165, 1.54) is 16.2 Å². The lowest BCUT2D eigenvalue weighted by atomic mass is 10.1. The average molecular weight is 430 g/mol. The summed E-state index contributed by atoms with van der Waals surface area (Å²) >= 11 is 0. The fraction of sp³-hybridized carbons (Fsp3) is 0.520. The van der Waals surface area contributed by atoms with Crippen molar-refractivity contribution in [2.75, 3.05) is 53.0 Å². The molecule has 1 fully saturated rings. The molecule has 0 aliphatic carbocycles. The molecule has 1 aromatic carbocycles. The number of rotatable bonds is 13. The van der Waals surface area contributed by atoms with Gasteiger partial charge in [-0.1, -0.05) is 18.2 Å². The minimum absolute atomic E-state index is 0.297. The van der Waals surface area contributed by atoms with Crippen LogP contribution in [0, 0.1) is 0 Å². The summed E-state index contributed by atoms with van der Waals surface area (Å²) in [6.45, 7) is 12.3. The van der Waals surface area contributed by atoms with Crippen LogP contribution in [0.5, 0.6) is 5.75 Å². The quantitative estimate of drug-likeness (QED) is 0.398. The number of ether oxygens (including phenoxy) is 2. The van der Waals surface area contributed by atoms with Gasteiger partial charge in [-0.05, 0) is 42.7 Å². The molecule has 0 spiro atoms. The summed E-state index contributed by atoms with van der Waals surface area (Å²) in [5.41, 5.74) is 2.52. The summed E-state index contributed by atoms with van der Waals surface area (Å²) in [6, 6.07) is 12.6. The third-order valence-electron chi connectivity index (χ3n) is 6.10. The van der Waals surface area contributed by atoms with Crippen LogP contribution in [0.4, 0.5) is 0 Å². The lowest BCUT2D eigenvalue weighted by Crippen LogP contribution is -3.21. The van der Waals surface area contributed by atoms with Gasteiger partial charge in [-0.15, -0.1) is 6.58 Å². The predicted octanol–water partition coefficient (Wildman–Crippen LogP) is 0.172. The van der Waals surface area contributed by atoms with Crippen LogP contribution >= 0.6 is 0 Å². The first-order chi connectivity index (χ1) is 15.2. The minimum Gasteiger partial charge on any atom is -0.497 e. The first kappa shape index (κ1) is 23.5. The fourth-order valence-corrected chi connectivity index (χ4v) is 4.26. The second-order valence-electron chi connectivity index (χ2n) is 8.49. The Balaban J connectivity index is 1.64. The maximum Gasteiger partial charge on any atom is 0.127 e. The van der Waals surface area contributed by atoms with Gasteiger partial charge in [0.2, 0.25) is 0 Å². The molecule has 1 aliphatic rings. The van der Waals surface area contributed by atoms with Crippen molar-refractivity contribution in [3.05, 3.63) is 66.5 Å². The van der Waals surface area contributed by atoms with E-state index in [0.29, 0.717) is 0 Å².